The van der Waals surface area contributed by atoms with Gasteiger partial charge in [-0.05, 0) is 39.0 Å². The van der Waals surface area contributed by atoms with Crippen molar-refractivity contribution in [2.75, 3.05) is 13.1 Å². The van der Waals surface area contributed by atoms with Crippen molar-refractivity contribution >= 4 is 17.2 Å². The summed E-state index contributed by atoms with van der Waals surface area (Å²) >= 11 is 1.66. The predicted octanol–water partition coefficient (Wildman–Crippen LogP) is 2.01. The van der Waals surface area contributed by atoms with Crippen LogP contribution < -0.4 is 5.73 Å². The Kier molecular flexibility index (Phi) is 4.57. The van der Waals surface area contributed by atoms with E-state index in [2.05, 4.69) is 10.4 Å². The molecular formula is C15H23N3O2S. The number of piperidine rings is 1. The van der Waals surface area contributed by atoms with Crippen LogP contribution in [0.1, 0.15) is 48.8 Å². The molecule has 3 rings (SSSR count). The third-order valence-electron chi connectivity index (χ3n) is 4.35. The molecule has 0 aliphatic carbocycles. The van der Waals surface area contributed by atoms with E-state index in [4.69, 9.17) is 10.5 Å². The zero-order valence-electron chi connectivity index (χ0n) is 12.5. The van der Waals surface area contributed by atoms with Crippen LogP contribution in [0.25, 0.3) is 0 Å². The van der Waals surface area contributed by atoms with E-state index >= 15 is 0 Å². The van der Waals surface area contributed by atoms with Crippen molar-refractivity contribution < 1.29 is 9.53 Å². The maximum absolute atomic E-state index is 12.8. The second-order valence-electron chi connectivity index (χ2n) is 5.93. The van der Waals surface area contributed by atoms with Gasteiger partial charge in [-0.2, -0.15) is 0 Å². The highest BCUT2D eigenvalue weighted by atomic mass is 32.1. The summed E-state index contributed by atoms with van der Waals surface area (Å²) in [6, 6.07) is 0.130. The lowest BCUT2D eigenvalue weighted by Crippen LogP contribution is -2.44. The highest BCUT2D eigenvalue weighted by Gasteiger charge is 2.37. The molecule has 0 radical (unpaired) electrons. The number of hydrogen-bond acceptors (Lipinski definition) is 5. The summed E-state index contributed by atoms with van der Waals surface area (Å²) in [5.74, 6) is 0.128. The van der Waals surface area contributed by atoms with Crippen LogP contribution >= 0.6 is 11.3 Å². The van der Waals surface area contributed by atoms with Crippen molar-refractivity contribution in [1.29, 1.82) is 0 Å². The number of amides is 1. The monoisotopic (exact) mass is 309 g/mol. The number of nitrogens with two attached hydrogens (primary N) is 1. The standard InChI is InChI=1S/C15H23N3O2S/c1-10-9-21-14(17-10)12-4-2-3-7-18(12)15(19)13-6-5-11(8-16)20-13/h9,11-13H,2-8,16H2,1H3/t11-,12?,13+/m1/s1. The number of nitrogens with zero attached hydrogens (tertiary/aromatic N) is 2. The second-order valence-corrected chi connectivity index (χ2v) is 6.82. The topological polar surface area (TPSA) is 68.5 Å². The smallest absolute Gasteiger partial charge is 0.252 e. The molecule has 5 nitrogen and oxygen atoms in total. The van der Waals surface area contributed by atoms with Crippen LogP contribution in [-0.2, 0) is 9.53 Å². The minimum atomic E-state index is -0.305. The van der Waals surface area contributed by atoms with Gasteiger partial charge in [0.25, 0.3) is 5.91 Å². The summed E-state index contributed by atoms with van der Waals surface area (Å²) < 4.78 is 5.78. The van der Waals surface area contributed by atoms with Crippen molar-refractivity contribution in [3.05, 3.63) is 16.1 Å². The number of carbonyl (C=O) groups excluding carboxylic acids is 1. The Balaban J connectivity index is 1.73. The van der Waals surface area contributed by atoms with Gasteiger partial charge in [0.15, 0.2) is 0 Å². The van der Waals surface area contributed by atoms with Crippen molar-refractivity contribution in [2.45, 2.75) is 57.3 Å². The van der Waals surface area contributed by atoms with Crippen LogP contribution in [0.2, 0.25) is 0 Å². The van der Waals surface area contributed by atoms with E-state index < -0.39 is 0 Å². The molecule has 1 amide bonds. The van der Waals surface area contributed by atoms with Crippen LogP contribution in [0.3, 0.4) is 0 Å². The maximum Gasteiger partial charge on any atom is 0.252 e. The number of rotatable bonds is 3. The number of aromatic nitrogens is 1. The van der Waals surface area contributed by atoms with E-state index in [0.29, 0.717) is 6.54 Å². The van der Waals surface area contributed by atoms with E-state index in [9.17, 15) is 4.79 Å². The van der Waals surface area contributed by atoms with Gasteiger partial charge in [-0.3, -0.25) is 4.79 Å². The molecule has 116 valence electrons. The van der Waals surface area contributed by atoms with Gasteiger partial charge in [0.05, 0.1) is 12.1 Å². The molecule has 1 aromatic rings. The van der Waals surface area contributed by atoms with E-state index in [1.165, 1.54) is 0 Å². The van der Waals surface area contributed by atoms with Crippen molar-refractivity contribution in [3.63, 3.8) is 0 Å². The van der Waals surface area contributed by atoms with Gasteiger partial charge in [-0.25, -0.2) is 4.98 Å². The number of hydrogen-bond donors (Lipinski definition) is 1. The van der Waals surface area contributed by atoms with Crippen LogP contribution in [0.15, 0.2) is 5.38 Å². The zero-order valence-corrected chi connectivity index (χ0v) is 13.3. The van der Waals surface area contributed by atoms with Gasteiger partial charge in [0, 0.05) is 24.2 Å². The molecule has 6 heteroatoms. The van der Waals surface area contributed by atoms with Gasteiger partial charge >= 0.3 is 0 Å². The molecule has 1 aromatic heterocycles. The Bertz CT molecular complexity index is 505. The molecule has 0 aromatic carbocycles. The molecular weight excluding hydrogens is 286 g/mol. The number of carbonyl (C=O) groups is 1. The van der Waals surface area contributed by atoms with E-state index in [-0.39, 0.29) is 24.2 Å². The molecule has 2 aliphatic heterocycles. The summed E-state index contributed by atoms with van der Waals surface area (Å²) in [4.78, 5) is 19.4. The number of ether oxygens (including phenoxy) is 1. The van der Waals surface area contributed by atoms with Gasteiger partial charge in [-0.1, -0.05) is 0 Å². The lowest BCUT2D eigenvalue weighted by Gasteiger charge is -2.36. The van der Waals surface area contributed by atoms with E-state index in [1.807, 2.05) is 11.8 Å². The molecule has 2 fully saturated rings. The minimum Gasteiger partial charge on any atom is -0.364 e. The Morgan fingerprint density at radius 3 is 3.00 bits per heavy atom. The third-order valence-corrected chi connectivity index (χ3v) is 5.42. The highest BCUT2D eigenvalue weighted by molar-refractivity contribution is 7.09. The molecule has 2 saturated heterocycles. The Morgan fingerprint density at radius 2 is 2.33 bits per heavy atom. The summed E-state index contributed by atoms with van der Waals surface area (Å²) in [5.41, 5.74) is 6.67. The SMILES string of the molecule is Cc1csc(C2CCCCN2C(=O)[C@@H]2CC[C@H](CN)O2)n1. The average Bonchev–Trinajstić information content (AvgIpc) is 3.15. The molecule has 1 unspecified atom stereocenters. The second kappa shape index (κ2) is 6.42. The summed E-state index contributed by atoms with van der Waals surface area (Å²) in [6.45, 7) is 3.31. The van der Waals surface area contributed by atoms with Crippen LogP contribution in [0.4, 0.5) is 0 Å². The fraction of sp³-hybridized carbons (Fsp3) is 0.733. The summed E-state index contributed by atoms with van der Waals surface area (Å²) in [6.07, 6.45) is 4.65. The Hall–Kier alpha value is -0.980. The van der Waals surface area contributed by atoms with E-state index in [0.717, 1.165) is 49.4 Å². The first-order chi connectivity index (χ1) is 10.2. The molecule has 2 N–H and O–H groups in total. The van der Waals surface area contributed by atoms with Gasteiger partial charge in [0.2, 0.25) is 0 Å². The molecule has 0 saturated carbocycles. The fourth-order valence-corrected chi connectivity index (χ4v) is 4.17. The van der Waals surface area contributed by atoms with Gasteiger partial charge < -0.3 is 15.4 Å². The van der Waals surface area contributed by atoms with E-state index in [1.54, 1.807) is 11.3 Å². The van der Waals surface area contributed by atoms with Gasteiger partial charge in [0.1, 0.15) is 11.1 Å². The summed E-state index contributed by atoms with van der Waals surface area (Å²) in [5, 5.41) is 3.12. The molecule has 0 spiro atoms. The van der Waals surface area contributed by atoms with Crippen LogP contribution in [0.5, 0.6) is 0 Å². The largest absolute Gasteiger partial charge is 0.364 e. The highest BCUT2D eigenvalue weighted by Crippen LogP contribution is 2.34. The zero-order chi connectivity index (χ0) is 14.8. The van der Waals surface area contributed by atoms with Gasteiger partial charge in [-0.15, -0.1) is 11.3 Å². The first-order valence-corrected chi connectivity index (χ1v) is 8.65. The normalized spacial score (nSPS) is 29.8. The maximum atomic E-state index is 12.8. The lowest BCUT2D eigenvalue weighted by molar-refractivity contribution is -0.146. The molecule has 0 bridgehead atoms. The Labute approximate surface area is 129 Å². The quantitative estimate of drug-likeness (QED) is 0.927. The third kappa shape index (κ3) is 3.12. The number of aryl methyl sites for hydroxylation is 1. The molecule has 2 aliphatic rings. The number of thiazole rings is 1. The fourth-order valence-electron chi connectivity index (χ4n) is 3.22. The molecule has 21 heavy (non-hydrogen) atoms. The van der Waals surface area contributed by atoms with Crippen LogP contribution in [-0.4, -0.2) is 41.1 Å². The Morgan fingerprint density at radius 1 is 1.48 bits per heavy atom. The predicted molar refractivity (Wildman–Crippen MR) is 82.1 cm³/mol. The molecule has 3 heterocycles. The number of likely N-dealkylation sites (tertiary alicyclic amines) is 1. The average molecular weight is 309 g/mol. The van der Waals surface area contributed by atoms with Crippen molar-refractivity contribution in [3.8, 4) is 0 Å². The van der Waals surface area contributed by atoms with Crippen molar-refractivity contribution in [2.24, 2.45) is 5.73 Å². The lowest BCUT2D eigenvalue weighted by atomic mass is 10.0. The molecule has 3 atom stereocenters. The first kappa shape index (κ1) is 14.9. The minimum absolute atomic E-state index is 0.0456. The first-order valence-electron chi connectivity index (χ1n) is 7.77. The summed E-state index contributed by atoms with van der Waals surface area (Å²) in [7, 11) is 0. The van der Waals surface area contributed by atoms with Crippen LogP contribution in [0, 0.1) is 6.92 Å². The van der Waals surface area contributed by atoms with Crippen molar-refractivity contribution in [1.82, 2.24) is 9.88 Å².